The molecular weight excluding hydrogens is 294 g/mol. The Kier molecular flexibility index (Phi) is 3.38. The number of carbonyl (C=O) groups excluding carboxylic acids is 1. The first-order valence-corrected chi connectivity index (χ1v) is 8.86. The largest absolute Gasteiger partial charge is 0.507 e. The molecule has 2 fully saturated rings. The summed E-state index contributed by atoms with van der Waals surface area (Å²) in [6.45, 7) is 4.85. The van der Waals surface area contributed by atoms with Crippen molar-refractivity contribution < 1.29 is 28.8 Å². The number of aromatic nitrogens is 1. The highest BCUT2D eigenvalue weighted by molar-refractivity contribution is 6.80. The lowest BCUT2D eigenvalue weighted by molar-refractivity contribution is -0.133. The molecule has 3 rings (SSSR count). The van der Waals surface area contributed by atoms with Crippen LogP contribution in [0.4, 0.5) is 0 Å². The Balaban J connectivity index is 1.86. The summed E-state index contributed by atoms with van der Waals surface area (Å²) in [5.74, 6) is -0.400. The van der Waals surface area contributed by atoms with E-state index in [2.05, 4.69) is 4.98 Å². The number of aryl methyl sites for hydroxylation is 1. The minimum Gasteiger partial charge on any atom is -0.507 e. The van der Waals surface area contributed by atoms with Gasteiger partial charge in [0.05, 0.1) is 0 Å². The van der Waals surface area contributed by atoms with Crippen molar-refractivity contribution in [1.82, 2.24) is 4.98 Å². The predicted molar refractivity (Wildman–Crippen MR) is 71.4 cm³/mol. The molecule has 2 saturated heterocycles. The fourth-order valence-corrected chi connectivity index (χ4v) is 6.52. The molecule has 114 valence electrons. The summed E-state index contributed by atoms with van der Waals surface area (Å²) in [4.78, 5) is 36.4. The third-order valence-corrected chi connectivity index (χ3v) is 8.77. The molecule has 3 heterocycles. The third-order valence-electron chi connectivity index (χ3n) is 3.91. The van der Waals surface area contributed by atoms with E-state index in [1.165, 1.54) is 6.92 Å². The van der Waals surface area contributed by atoms with Crippen LogP contribution < -0.4 is 0 Å². The number of rotatable bonds is 6. The highest BCUT2D eigenvalue weighted by Gasteiger charge is 2.82. The number of hydrogen-bond acceptors (Lipinski definition) is 7. The van der Waals surface area contributed by atoms with Gasteiger partial charge in [0.1, 0.15) is 0 Å². The summed E-state index contributed by atoms with van der Waals surface area (Å²) in [5.41, 5.74) is -1.02. The van der Waals surface area contributed by atoms with E-state index in [0.29, 0.717) is 12.5 Å². The quantitative estimate of drug-likeness (QED) is 0.447. The molecule has 1 aromatic heterocycles. The van der Waals surface area contributed by atoms with Crippen molar-refractivity contribution in [3.63, 3.8) is 0 Å². The predicted octanol–water partition coefficient (Wildman–Crippen LogP) is 1.57. The molecular formula is C13H17NO6Si. The first-order chi connectivity index (χ1) is 9.91. The molecule has 21 heavy (non-hydrogen) atoms. The van der Waals surface area contributed by atoms with Crippen molar-refractivity contribution >= 4 is 14.3 Å². The first-order valence-electron chi connectivity index (χ1n) is 6.74. The number of pyridine rings is 1. The molecule has 0 bridgehead atoms. The number of nitrogens with zero attached hydrogens (tertiary/aromatic N) is 1. The first kappa shape index (κ1) is 14.6. The van der Waals surface area contributed by atoms with Gasteiger partial charge in [0.15, 0.2) is 0 Å². The zero-order chi connectivity index (χ0) is 15.1. The van der Waals surface area contributed by atoms with Gasteiger partial charge in [-0.3, -0.25) is 9.78 Å². The van der Waals surface area contributed by atoms with E-state index >= 15 is 0 Å². The fraction of sp³-hybridized carbons (Fsp3) is 0.538. The maximum absolute atomic E-state index is 11.6. The van der Waals surface area contributed by atoms with Crippen LogP contribution in [0.3, 0.4) is 0 Å². The van der Waals surface area contributed by atoms with Crippen LogP contribution in [0.1, 0.15) is 26.5 Å². The van der Waals surface area contributed by atoms with E-state index in [0.717, 1.165) is 5.69 Å². The highest BCUT2D eigenvalue weighted by atomic mass is 28.4. The van der Waals surface area contributed by atoms with Crippen molar-refractivity contribution in [3.8, 4) is 0 Å². The van der Waals surface area contributed by atoms with Gasteiger partial charge in [0.25, 0.3) is 16.8 Å². The Morgan fingerprint density at radius 2 is 1.86 bits per heavy atom. The normalized spacial score (nSPS) is 21.7. The number of carbonyl (C=O) groups is 1. The van der Waals surface area contributed by atoms with Gasteiger partial charge in [0.2, 0.25) is 0 Å². The summed E-state index contributed by atoms with van der Waals surface area (Å²) in [6.07, 6.45) is 2.34. The maximum atomic E-state index is 11.6. The molecule has 0 aliphatic carbocycles. The van der Waals surface area contributed by atoms with Gasteiger partial charge in [0, 0.05) is 18.8 Å². The topological polar surface area (TPSA) is 89.3 Å². The lowest BCUT2D eigenvalue weighted by Gasteiger charge is -2.31. The molecule has 8 heteroatoms. The zero-order valence-corrected chi connectivity index (χ0v) is 13.1. The second-order valence-electron chi connectivity index (χ2n) is 5.47. The van der Waals surface area contributed by atoms with Crippen molar-refractivity contribution in [1.29, 1.82) is 0 Å². The number of hydrogen-bond donors (Lipinski definition) is 0. The fourth-order valence-electron chi connectivity index (χ4n) is 2.59. The van der Waals surface area contributed by atoms with Crippen LogP contribution in [-0.2, 0) is 35.2 Å². The van der Waals surface area contributed by atoms with E-state index in [-0.39, 0.29) is 0 Å². The SMILES string of the molecule is CC(=O)O[Si](CCc1ccccn1)(C1(C)OO1)C1(C)OO1. The Morgan fingerprint density at radius 3 is 2.29 bits per heavy atom. The Hall–Kier alpha value is -1.32. The Labute approximate surface area is 123 Å². The average molecular weight is 311 g/mol. The third kappa shape index (κ3) is 2.49. The van der Waals surface area contributed by atoms with Gasteiger partial charge in [-0.15, -0.1) is 0 Å². The second kappa shape index (κ2) is 4.85. The van der Waals surface area contributed by atoms with Gasteiger partial charge in [-0.2, -0.15) is 19.6 Å². The Morgan fingerprint density at radius 1 is 1.24 bits per heavy atom. The van der Waals surface area contributed by atoms with Gasteiger partial charge >= 0.3 is 8.32 Å². The van der Waals surface area contributed by atoms with Crippen LogP contribution in [-0.4, -0.2) is 30.1 Å². The average Bonchev–Trinajstić information content (AvgIpc) is 3.36. The summed E-state index contributed by atoms with van der Waals surface area (Å²) < 4.78 is 5.69. The lowest BCUT2D eigenvalue weighted by atomic mass is 10.3. The van der Waals surface area contributed by atoms with E-state index in [9.17, 15) is 4.79 Å². The van der Waals surface area contributed by atoms with Gasteiger partial charge in [-0.1, -0.05) is 6.07 Å². The molecule has 0 amide bonds. The van der Waals surface area contributed by atoms with Crippen LogP contribution >= 0.6 is 0 Å². The van der Waals surface area contributed by atoms with Crippen molar-refractivity contribution in [2.24, 2.45) is 0 Å². The van der Waals surface area contributed by atoms with E-state index < -0.39 is 25.1 Å². The van der Waals surface area contributed by atoms with E-state index in [4.69, 9.17) is 24.0 Å². The van der Waals surface area contributed by atoms with Crippen molar-refractivity contribution in [2.45, 2.75) is 44.1 Å². The van der Waals surface area contributed by atoms with E-state index in [1.54, 1.807) is 20.0 Å². The lowest BCUT2D eigenvalue weighted by Crippen LogP contribution is -2.63. The molecule has 2 aliphatic rings. The Bertz CT molecular complexity index is 525. The van der Waals surface area contributed by atoms with Gasteiger partial charge in [-0.25, -0.2) is 0 Å². The van der Waals surface area contributed by atoms with E-state index in [1.807, 2.05) is 18.2 Å². The summed E-state index contributed by atoms with van der Waals surface area (Å²) >= 11 is 0. The molecule has 0 N–H and O–H groups in total. The molecule has 1 aromatic rings. The molecule has 0 atom stereocenters. The molecule has 0 unspecified atom stereocenters. The molecule has 0 saturated carbocycles. The molecule has 0 radical (unpaired) electrons. The van der Waals surface area contributed by atoms with Gasteiger partial charge in [-0.05, 0) is 38.4 Å². The monoisotopic (exact) mass is 311 g/mol. The van der Waals surface area contributed by atoms with Crippen LogP contribution in [0.25, 0.3) is 0 Å². The van der Waals surface area contributed by atoms with Crippen LogP contribution in [0.15, 0.2) is 24.4 Å². The zero-order valence-electron chi connectivity index (χ0n) is 12.1. The van der Waals surface area contributed by atoms with Crippen LogP contribution in [0.5, 0.6) is 0 Å². The van der Waals surface area contributed by atoms with Crippen molar-refractivity contribution in [2.75, 3.05) is 0 Å². The summed E-state index contributed by atoms with van der Waals surface area (Å²) in [5, 5.41) is 0. The molecule has 7 nitrogen and oxygen atoms in total. The summed E-state index contributed by atoms with van der Waals surface area (Å²) in [7, 11) is -3.00. The smallest absolute Gasteiger partial charge is 0.390 e. The minimum absolute atomic E-state index is 0.400. The second-order valence-corrected chi connectivity index (χ2v) is 9.64. The summed E-state index contributed by atoms with van der Waals surface area (Å²) in [6, 6.07) is 6.20. The molecule has 2 aliphatic heterocycles. The van der Waals surface area contributed by atoms with Crippen LogP contribution in [0, 0.1) is 0 Å². The van der Waals surface area contributed by atoms with Crippen molar-refractivity contribution in [3.05, 3.63) is 30.1 Å². The maximum Gasteiger partial charge on any atom is 0.390 e. The molecule has 0 aromatic carbocycles. The standard InChI is InChI=1S/C13H17NO6Si/c1-10(15)16-21(12(2)17-18-12,13(3)19-20-13)9-7-11-6-4-5-8-14-11/h4-6,8H,7,9H2,1-3H3. The highest BCUT2D eigenvalue weighted by Crippen LogP contribution is 2.54. The minimum atomic E-state index is -3.00. The van der Waals surface area contributed by atoms with Crippen LogP contribution in [0.2, 0.25) is 6.04 Å². The van der Waals surface area contributed by atoms with Gasteiger partial charge < -0.3 is 4.43 Å². The molecule has 0 spiro atoms.